The molecule has 2 aromatic rings. The van der Waals surface area contributed by atoms with Crippen molar-refractivity contribution < 1.29 is 4.52 Å². The standard InChI is InChI=1S/C12H16N4O/c1-8(11-9(2)16-17-10(11)3)7-15-12-13-5-4-6-14-12/h4-6,8H,7H2,1-3H3,(H,13,14,15). The molecular formula is C12H16N4O. The summed E-state index contributed by atoms with van der Waals surface area (Å²) in [6.45, 7) is 6.78. The number of rotatable bonds is 4. The number of hydrogen-bond donors (Lipinski definition) is 1. The minimum Gasteiger partial charge on any atom is -0.361 e. The first-order chi connectivity index (χ1) is 8.18. The fraction of sp³-hybridized carbons (Fsp3) is 0.417. The Kier molecular flexibility index (Phi) is 3.37. The molecule has 0 aliphatic carbocycles. The Morgan fingerprint density at radius 1 is 1.29 bits per heavy atom. The van der Waals surface area contributed by atoms with Gasteiger partial charge in [-0.05, 0) is 19.9 Å². The van der Waals surface area contributed by atoms with Gasteiger partial charge >= 0.3 is 0 Å². The van der Waals surface area contributed by atoms with E-state index in [1.54, 1.807) is 18.5 Å². The molecule has 0 aliphatic rings. The van der Waals surface area contributed by atoms with E-state index in [1.807, 2.05) is 13.8 Å². The number of nitrogens with zero attached hydrogens (tertiary/aromatic N) is 3. The monoisotopic (exact) mass is 232 g/mol. The molecule has 0 amide bonds. The van der Waals surface area contributed by atoms with Crippen LogP contribution >= 0.6 is 0 Å². The molecule has 2 rings (SSSR count). The molecule has 1 unspecified atom stereocenters. The molecular weight excluding hydrogens is 216 g/mol. The van der Waals surface area contributed by atoms with Crippen molar-refractivity contribution in [2.45, 2.75) is 26.7 Å². The van der Waals surface area contributed by atoms with Crippen molar-refractivity contribution in [3.8, 4) is 0 Å². The second-order valence-electron chi connectivity index (χ2n) is 4.09. The van der Waals surface area contributed by atoms with E-state index in [0.29, 0.717) is 11.9 Å². The molecule has 2 heterocycles. The van der Waals surface area contributed by atoms with Gasteiger partial charge in [-0.2, -0.15) is 0 Å². The lowest BCUT2D eigenvalue weighted by molar-refractivity contribution is 0.391. The largest absolute Gasteiger partial charge is 0.361 e. The van der Waals surface area contributed by atoms with E-state index in [1.165, 1.54) is 0 Å². The summed E-state index contributed by atoms with van der Waals surface area (Å²) in [5.74, 6) is 1.84. The van der Waals surface area contributed by atoms with Crippen molar-refractivity contribution in [2.24, 2.45) is 0 Å². The Morgan fingerprint density at radius 2 is 2.00 bits per heavy atom. The van der Waals surface area contributed by atoms with E-state index in [0.717, 1.165) is 23.6 Å². The molecule has 0 bridgehead atoms. The van der Waals surface area contributed by atoms with Crippen LogP contribution in [0.25, 0.3) is 0 Å². The van der Waals surface area contributed by atoms with Crippen molar-refractivity contribution in [1.29, 1.82) is 0 Å². The zero-order valence-electron chi connectivity index (χ0n) is 10.3. The van der Waals surface area contributed by atoms with Crippen molar-refractivity contribution in [3.63, 3.8) is 0 Å². The van der Waals surface area contributed by atoms with Crippen molar-refractivity contribution >= 4 is 5.95 Å². The van der Waals surface area contributed by atoms with Gasteiger partial charge in [-0.3, -0.25) is 0 Å². The van der Waals surface area contributed by atoms with Crippen LogP contribution in [0.15, 0.2) is 23.0 Å². The fourth-order valence-corrected chi connectivity index (χ4v) is 1.93. The zero-order chi connectivity index (χ0) is 12.3. The lowest BCUT2D eigenvalue weighted by Gasteiger charge is -2.12. The molecule has 90 valence electrons. The molecule has 0 aromatic carbocycles. The maximum atomic E-state index is 5.16. The minimum absolute atomic E-state index is 0.310. The third-order valence-corrected chi connectivity index (χ3v) is 2.71. The first kappa shape index (κ1) is 11.6. The summed E-state index contributed by atoms with van der Waals surface area (Å²) in [6, 6.07) is 1.79. The highest BCUT2D eigenvalue weighted by atomic mass is 16.5. The molecule has 5 nitrogen and oxygen atoms in total. The van der Waals surface area contributed by atoms with E-state index in [9.17, 15) is 0 Å². The molecule has 17 heavy (non-hydrogen) atoms. The molecule has 5 heteroatoms. The van der Waals surface area contributed by atoms with Crippen LogP contribution in [0, 0.1) is 13.8 Å². The van der Waals surface area contributed by atoms with Gasteiger partial charge in [-0.15, -0.1) is 0 Å². The SMILES string of the molecule is Cc1noc(C)c1C(C)CNc1ncccn1. The number of aromatic nitrogens is 3. The van der Waals surface area contributed by atoms with Crippen LogP contribution in [0.5, 0.6) is 0 Å². The van der Waals surface area contributed by atoms with E-state index >= 15 is 0 Å². The highest BCUT2D eigenvalue weighted by Gasteiger charge is 2.16. The third-order valence-electron chi connectivity index (χ3n) is 2.71. The quantitative estimate of drug-likeness (QED) is 0.876. The maximum Gasteiger partial charge on any atom is 0.222 e. The predicted octanol–water partition coefficient (Wildman–Crippen LogP) is 2.30. The Labute approximate surface area is 100 Å². The number of anilines is 1. The van der Waals surface area contributed by atoms with Gasteiger partial charge in [0.15, 0.2) is 0 Å². The summed E-state index contributed by atoms with van der Waals surface area (Å²) in [6.07, 6.45) is 3.44. The average Bonchev–Trinajstić information content (AvgIpc) is 2.67. The van der Waals surface area contributed by atoms with Gasteiger partial charge in [0.05, 0.1) is 5.69 Å². The summed E-state index contributed by atoms with van der Waals surface area (Å²) in [5, 5.41) is 7.15. The first-order valence-corrected chi connectivity index (χ1v) is 5.62. The van der Waals surface area contributed by atoms with Gasteiger partial charge < -0.3 is 9.84 Å². The van der Waals surface area contributed by atoms with E-state index in [-0.39, 0.29) is 0 Å². The normalized spacial score (nSPS) is 12.4. The van der Waals surface area contributed by atoms with E-state index in [2.05, 4.69) is 27.4 Å². The molecule has 0 saturated carbocycles. The summed E-state index contributed by atoms with van der Waals surface area (Å²) < 4.78 is 5.16. The zero-order valence-corrected chi connectivity index (χ0v) is 10.3. The highest BCUT2D eigenvalue weighted by Crippen LogP contribution is 2.22. The second-order valence-corrected chi connectivity index (χ2v) is 4.09. The van der Waals surface area contributed by atoms with Crippen LogP contribution in [-0.4, -0.2) is 21.7 Å². The number of hydrogen-bond acceptors (Lipinski definition) is 5. The number of aryl methyl sites for hydroxylation is 2. The van der Waals surface area contributed by atoms with Crippen LogP contribution in [0.4, 0.5) is 5.95 Å². The lowest BCUT2D eigenvalue weighted by atomic mass is 10.00. The summed E-state index contributed by atoms with van der Waals surface area (Å²) in [7, 11) is 0. The van der Waals surface area contributed by atoms with E-state index < -0.39 is 0 Å². The van der Waals surface area contributed by atoms with Crippen molar-refractivity contribution in [2.75, 3.05) is 11.9 Å². The molecule has 1 atom stereocenters. The van der Waals surface area contributed by atoms with E-state index in [4.69, 9.17) is 4.52 Å². The summed E-state index contributed by atoms with van der Waals surface area (Å²) >= 11 is 0. The van der Waals surface area contributed by atoms with Gasteiger partial charge in [0.1, 0.15) is 5.76 Å². The smallest absolute Gasteiger partial charge is 0.222 e. The second kappa shape index (κ2) is 4.95. The van der Waals surface area contributed by atoms with Crippen molar-refractivity contribution in [1.82, 2.24) is 15.1 Å². The highest BCUT2D eigenvalue weighted by molar-refractivity contribution is 5.29. The Balaban J connectivity index is 2.01. The Morgan fingerprint density at radius 3 is 2.59 bits per heavy atom. The van der Waals surface area contributed by atoms with Gasteiger partial charge in [-0.1, -0.05) is 12.1 Å². The molecule has 0 radical (unpaired) electrons. The lowest BCUT2D eigenvalue weighted by Crippen LogP contribution is -2.12. The molecule has 0 fully saturated rings. The van der Waals surface area contributed by atoms with Crippen molar-refractivity contribution in [3.05, 3.63) is 35.5 Å². The predicted molar refractivity (Wildman–Crippen MR) is 64.9 cm³/mol. The number of nitrogens with one attached hydrogen (secondary N) is 1. The Hall–Kier alpha value is -1.91. The maximum absolute atomic E-state index is 5.16. The van der Waals surface area contributed by atoms with Gasteiger partial charge in [-0.25, -0.2) is 9.97 Å². The first-order valence-electron chi connectivity index (χ1n) is 5.62. The van der Waals surface area contributed by atoms with Gasteiger partial charge in [0, 0.05) is 30.4 Å². The molecule has 1 N–H and O–H groups in total. The van der Waals surface area contributed by atoms with Crippen LogP contribution in [0.3, 0.4) is 0 Å². The third kappa shape index (κ3) is 2.61. The van der Waals surface area contributed by atoms with Crippen LogP contribution in [-0.2, 0) is 0 Å². The summed E-state index contributed by atoms with van der Waals surface area (Å²) in [5.41, 5.74) is 2.11. The van der Waals surface area contributed by atoms with Crippen LogP contribution < -0.4 is 5.32 Å². The van der Waals surface area contributed by atoms with Crippen LogP contribution in [0.2, 0.25) is 0 Å². The van der Waals surface area contributed by atoms with Gasteiger partial charge in [0.2, 0.25) is 5.95 Å². The minimum atomic E-state index is 0.310. The van der Waals surface area contributed by atoms with Gasteiger partial charge in [0.25, 0.3) is 0 Å². The molecule has 0 aliphatic heterocycles. The van der Waals surface area contributed by atoms with Crippen LogP contribution in [0.1, 0.15) is 29.9 Å². The molecule has 0 spiro atoms. The molecule has 2 aromatic heterocycles. The molecule has 0 saturated heterocycles. The Bertz CT molecular complexity index is 461. The average molecular weight is 232 g/mol. The fourth-order valence-electron chi connectivity index (χ4n) is 1.93. The topological polar surface area (TPSA) is 63.8 Å². The summed E-state index contributed by atoms with van der Waals surface area (Å²) in [4.78, 5) is 8.23.